The zero-order chi connectivity index (χ0) is 11.2. The molecule has 1 aromatic heterocycles. The van der Waals surface area contributed by atoms with Gasteiger partial charge in [-0.3, -0.25) is 0 Å². The van der Waals surface area contributed by atoms with E-state index in [1.54, 1.807) is 0 Å². The lowest BCUT2D eigenvalue weighted by Crippen LogP contribution is -2.31. The summed E-state index contributed by atoms with van der Waals surface area (Å²) in [4.78, 5) is 3.53. The average Bonchev–Trinajstić information content (AvgIpc) is 2.70. The van der Waals surface area contributed by atoms with Crippen molar-refractivity contribution in [3.05, 3.63) is 35.5 Å². The van der Waals surface area contributed by atoms with Gasteiger partial charge in [0.2, 0.25) is 0 Å². The van der Waals surface area contributed by atoms with E-state index < -0.39 is 0 Å². The van der Waals surface area contributed by atoms with Crippen LogP contribution in [0, 0.1) is 0 Å². The van der Waals surface area contributed by atoms with Crippen molar-refractivity contribution in [3.8, 4) is 0 Å². The molecule has 2 aromatic rings. The van der Waals surface area contributed by atoms with E-state index >= 15 is 0 Å². The summed E-state index contributed by atoms with van der Waals surface area (Å²) in [5.74, 6) is 0. The normalized spacial score (nSPS) is 24.6. The minimum atomic E-state index is -0.132. The van der Waals surface area contributed by atoms with E-state index in [0.29, 0.717) is 0 Å². The summed E-state index contributed by atoms with van der Waals surface area (Å²) in [7, 11) is 0. The summed E-state index contributed by atoms with van der Waals surface area (Å²) in [6, 6.07) is 8.53. The van der Waals surface area contributed by atoms with Crippen LogP contribution >= 0.6 is 0 Å². The van der Waals surface area contributed by atoms with Gasteiger partial charge in [-0.25, -0.2) is 0 Å². The molecule has 3 rings (SSSR count). The quantitative estimate of drug-likeness (QED) is 0.775. The third-order valence-electron chi connectivity index (χ3n) is 3.79. The van der Waals surface area contributed by atoms with E-state index in [2.05, 4.69) is 43.1 Å². The van der Waals surface area contributed by atoms with Gasteiger partial charge < -0.3 is 9.72 Å². The Bertz CT molecular complexity index is 529. The molecule has 0 radical (unpaired) electrons. The molecular formula is C14H17NO. The predicted molar refractivity (Wildman–Crippen MR) is 65.6 cm³/mol. The van der Waals surface area contributed by atoms with Crippen LogP contribution in [0.25, 0.3) is 10.9 Å². The second-order valence-corrected chi connectivity index (χ2v) is 4.71. The van der Waals surface area contributed by atoms with E-state index in [0.717, 1.165) is 19.4 Å². The number of aromatic amines is 1. The standard InChI is InChI=1S/C14H17NO/c1-3-14(2)13-11(8-9-16-14)10-6-4-5-7-12(10)15-13/h4-7,15H,3,8-9H2,1-2H3. The van der Waals surface area contributed by atoms with Crippen molar-refractivity contribution >= 4 is 10.9 Å². The smallest absolute Gasteiger partial charge is 0.105 e. The Morgan fingerprint density at radius 2 is 2.19 bits per heavy atom. The second kappa shape index (κ2) is 3.36. The van der Waals surface area contributed by atoms with Gasteiger partial charge in [0.05, 0.1) is 12.3 Å². The number of ether oxygens (including phenoxy) is 1. The lowest BCUT2D eigenvalue weighted by atomic mass is 9.91. The Hall–Kier alpha value is -1.28. The van der Waals surface area contributed by atoms with Crippen LogP contribution < -0.4 is 0 Å². The maximum atomic E-state index is 5.94. The number of fused-ring (bicyclic) bond motifs is 3. The Kier molecular flexibility index (Phi) is 2.08. The Balaban J connectivity index is 2.29. The molecule has 1 aliphatic heterocycles. The molecule has 2 heterocycles. The fourth-order valence-electron chi connectivity index (χ4n) is 2.64. The summed E-state index contributed by atoms with van der Waals surface area (Å²) in [6.07, 6.45) is 2.03. The van der Waals surface area contributed by atoms with Gasteiger partial charge in [0.25, 0.3) is 0 Å². The summed E-state index contributed by atoms with van der Waals surface area (Å²) in [5, 5.41) is 1.36. The highest BCUT2D eigenvalue weighted by atomic mass is 16.5. The first kappa shape index (κ1) is 9.91. The fourth-order valence-corrected chi connectivity index (χ4v) is 2.64. The highest BCUT2D eigenvalue weighted by Crippen LogP contribution is 2.38. The molecule has 0 amide bonds. The minimum Gasteiger partial charge on any atom is -0.369 e. The van der Waals surface area contributed by atoms with Gasteiger partial charge in [-0.1, -0.05) is 25.1 Å². The Morgan fingerprint density at radius 1 is 1.38 bits per heavy atom. The molecule has 2 nitrogen and oxygen atoms in total. The highest BCUT2D eigenvalue weighted by Gasteiger charge is 2.34. The third-order valence-corrected chi connectivity index (χ3v) is 3.79. The largest absolute Gasteiger partial charge is 0.369 e. The van der Waals surface area contributed by atoms with E-state index in [1.165, 1.54) is 22.2 Å². The molecule has 1 atom stereocenters. The molecule has 1 unspecified atom stereocenters. The number of benzene rings is 1. The average molecular weight is 215 g/mol. The topological polar surface area (TPSA) is 25.0 Å². The van der Waals surface area contributed by atoms with Gasteiger partial charge in [-0.05, 0) is 31.4 Å². The maximum absolute atomic E-state index is 5.94. The molecule has 0 saturated heterocycles. The van der Waals surface area contributed by atoms with Crippen molar-refractivity contribution in [1.29, 1.82) is 0 Å². The van der Waals surface area contributed by atoms with Crippen LogP contribution in [0.2, 0.25) is 0 Å². The summed E-state index contributed by atoms with van der Waals surface area (Å²) in [6.45, 7) is 5.19. The van der Waals surface area contributed by atoms with E-state index in [9.17, 15) is 0 Å². The number of aromatic nitrogens is 1. The van der Waals surface area contributed by atoms with Crippen LogP contribution in [0.3, 0.4) is 0 Å². The molecule has 1 N–H and O–H groups in total. The van der Waals surface area contributed by atoms with Crippen LogP contribution in [-0.2, 0) is 16.8 Å². The monoisotopic (exact) mass is 215 g/mol. The lowest BCUT2D eigenvalue weighted by Gasteiger charge is -2.33. The van der Waals surface area contributed by atoms with Gasteiger partial charge in [0.1, 0.15) is 5.60 Å². The molecule has 0 bridgehead atoms. The molecule has 84 valence electrons. The van der Waals surface area contributed by atoms with Crippen LogP contribution in [0.5, 0.6) is 0 Å². The van der Waals surface area contributed by atoms with Gasteiger partial charge in [-0.15, -0.1) is 0 Å². The number of hydrogen-bond donors (Lipinski definition) is 1. The Labute approximate surface area is 95.6 Å². The Morgan fingerprint density at radius 3 is 3.00 bits per heavy atom. The number of para-hydroxylation sites is 1. The number of hydrogen-bond acceptors (Lipinski definition) is 1. The molecule has 1 aromatic carbocycles. The molecule has 0 fully saturated rings. The molecule has 0 aliphatic carbocycles. The van der Waals surface area contributed by atoms with Crippen molar-refractivity contribution in [2.45, 2.75) is 32.3 Å². The van der Waals surface area contributed by atoms with Gasteiger partial charge in [0, 0.05) is 10.9 Å². The van der Waals surface area contributed by atoms with Gasteiger partial charge in [0.15, 0.2) is 0 Å². The van der Waals surface area contributed by atoms with Crippen molar-refractivity contribution in [2.24, 2.45) is 0 Å². The van der Waals surface area contributed by atoms with Gasteiger partial charge in [-0.2, -0.15) is 0 Å². The first-order valence-corrected chi connectivity index (χ1v) is 5.98. The number of rotatable bonds is 1. The van der Waals surface area contributed by atoms with Crippen LogP contribution in [0.15, 0.2) is 24.3 Å². The van der Waals surface area contributed by atoms with Crippen molar-refractivity contribution in [2.75, 3.05) is 6.61 Å². The summed E-state index contributed by atoms with van der Waals surface area (Å²) >= 11 is 0. The van der Waals surface area contributed by atoms with E-state index in [-0.39, 0.29) is 5.60 Å². The minimum absolute atomic E-state index is 0.132. The number of H-pyrrole nitrogens is 1. The van der Waals surface area contributed by atoms with Crippen LogP contribution in [0.4, 0.5) is 0 Å². The summed E-state index contributed by atoms with van der Waals surface area (Å²) < 4.78 is 5.94. The first-order valence-electron chi connectivity index (χ1n) is 5.98. The van der Waals surface area contributed by atoms with Crippen molar-refractivity contribution in [1.82, 2.24) is 4.98 Å². The molecular weight excluding hydrogens is 198 g/mol. The molecule has 0 saturated carbocycles. The maximum Gasteiger partial charge on any atom is 0.105 e. The second-order valence-electron chi connectivity index (χ2n) is 4.71. The molecule has 0 spiro atoms. The lowest BCUT2D eigenvalue weighted by molar-refractivity contribution is -0.0513. The zero-order valence-electron chi connectivity index (χ0n) is 9.84. The molecule has 2 heteroatoms. The first-order chi connectivity index (χ1) is 7.74. The molecule has 1 aliphatic rings. The third kappa shape index (κ3) is 1.23. The summed E-state index contributed by atoms with van der Waals surface area (Å²) in [5.41, 5.74) is 3.83. The van der Waals surface area contributed by atoms with Crippen molar-refractivity contribution < 1.29 is 4.74 Å². The fraction of sp³-hybridized carbons (Fsp3) is 0.429. The highest BCUT2D eigenvalue weighted by molar-refractivity contribution is 5.85. The van der Waals surface area contributed by atoms with Crippen LogP contribution in [0.1, 0.15) is 31.5 Å². The SMILES string of the molecule is CCC1(C)OCCc2c1[nH]c1ccccc21. The zero-order valence-corrected chi connectivity index (χ0v) is 9.84. The predicted octanol–water partition coefficient (Wildman–Crippen LogP) is 3.37. The molecule has 16 heavy (non-hydrogen) atoms. The van der Waals surface area contributed by atoms with E-state index in [4.69, 9.17) is 4.74 Å². The van der Waals surface area contributed by atoms with Crippen molar-refractivity contribution in [3.63, 3.8) is 0 Å². The van der Waals surface area contributed by atoms with Gasteiger partial charge >= 0.3 is 0 Å². The number of nitrogens with one attached hydrogen (secondary N) is 1. The van der Waals surface area contributed by atoms with E-state index in [1.807, 2.05) is 0 Å². The van der Waals surface area contributed by atoms with Crippen LogP contribution in [-0.4, -0.2) is 11.6 Å².